The van der Waals surface area contributed by atoms with Crippen LogP contribution in [0.3, 0.4) is 0 Å². The van der Waals surface area contributed by atoms with E-state index in [1.807, 2.05) is 44.2 Å². The third-order valence-corrected chi connectivity index (χ3v) is 6.69. The van der Waals surface area contributed by atoms with Crippen LogP contribution in [0.4, 0.5) is 5.69 Å². The lowest BCUT2D eigenvalue weighted by atomic mass is 10.2. The summed E-state index contributed by atoms with van der Waals surface area (Å²) >= 11 is 0. The molecule has 0 aliphatic heterocycles. The van der Waals surface area contributed by atoms with E-state index in [1.54, 1.807) is 30.3 Å². The molecule has 0 saturated heterocycles. The average Bonchev–Trinajstić information content (AvgIpc) is 2.82. The van der Waals surface area contributed by atoms with Gasteiger partial charge in [-0.1, -0.05) is 36.4 Å². The number of amides is 1. The predicted molar refractivity (Wildman–Crippen MR) is 128 cm³/mol. The maximum Gasteiger partial charge on any atom is 0.264 e. The van der Waals surface area contributed by atoms with E-state index < -0.39 is 22.5 Å². The molecule has 3 aromatic rings. The average molecular weight is 469 g/mol. The van der Waals surface area contributed by atoms with E-state index in [2.05, 4.69) is 5.32 Å². The minimum Gasteiger partial charge on any atom is -0.495 e. The molecule has 8 heteroatoms. The second-order valence-corrected chi connectivity index (χ2v) is 9.22. The van der Waals surface area contributed by atoms with Crippen molar-refractivity contribution < 1.29 is 22.7 Å². The van der Waals surface area contributed by atoms with Crippen LogP contribution in [-0.2, 0) is 21.4 Å². The van der Waals surface area contributed by atoms with E-state index in [9.17, 15) is 13.2 Å². The summed E-state index contributed by atoms with van der Waals surface area (Å²) < 4.78 is 39.0. The first-order valence-electron chi connectivity index (χ1n) is 10.6. The fourth-order valence-electron chi connectivity index (χ4n) is 3.31. The first-order chi connectivity index (χ1) is 15.8. The molecule has 3 aromatic carbocycles. The highest BCUT2D eigenvalue weighted by Crippen LogP contribution is 2.33. The summed E-state index contributed by atoms with van der Waals surface area (Å²) in [5.74, 6) is 0.624. The molecule has 3 rings (SSSR count). The molecule has 0 aliphatic rings. The number of aryl methyl sites for hydroxylation is 1. The van der Waals surface area contributed by atoms with Gasteiger partial charge in [0.15, 0.2) is 0 Å². The Labute approximate surface area is 195 Å². The van der Waals surface area contributed by atoms with Crippen molar-refractivity contribution in [2.24, 2.45) is 0 Å². The molecule has 1 N–H and O–H groups in total. The van der Waals surface area contributed by atoms with Crippen molar-refractivity contribution in [3.05, 3.63) is 83.9 Å². The Morgan fingerprint density at radius 1 is 1.00 bits per heavy atom. The van der Waals surface area contributed by atoms with Gasteiger partial charge in [-0.15, -0.1) is 0 Å². The van der Waals surface area contributed by atoms with E-state index in [1.165, 1.54) is 19.2 Å². The minimum absolute atomic E-state index is 0.0887. The van der Waals surface area contributed by atoms with E-state index in [-0.39, 0.29) is 11.4 Å². The van der Waals surface area contributed by atoms with E-state index in [0.29, 0.717) is 23.8 Å². The van der Waals surface area contributed by atoms with Gasteiger partial charge in [0.1, 0.15) is 18.0 Å². The highest BCUT2D eigenvalue weighted by molar-refractivity contribution is 7.92. The van der Waals surface area contributed by atoms with Crippen LogP contribution in [0.15, 0.2) is 77.7 Å². The fourth-order valence-corrected chi connectivity index (χ4v) is 4.76. The van der Waals surface area contributed by atoms with Gasteiger partial charge in [-0.25, -0.2) is 8.42 Å². The second-order valence-electron chi connectivity index (χ2n) is 7.36. The molecular weight excluding hydrogens is 440 g/mol. The molecule has 0 bridgehead atoms. The van der Waals surface area contributed by atoms with Gasteiger partial charge in [-0.2, -0.15) is 0 Å². The number of benzene rings is 3. The molecule has 0 aliphatic carbocycles. The van der Waals surface area contributed by atoms with Crippen LogP contribution < -0.4 is 19.1 Å². The Morgan fingerprint density at radius 3 is 2.45 bits per heavy atom. The Hall–Kier alpha value is -3.52. The molecule has 0 spiro atoms. The van der Waals surface area contributed by atoms with Crippen LogP contribution in [0.2, 0.25) is 0 Å². The first kappa shape index (κ1) is 24.1. The van der Waals surface area contributed by atoms with Crippen molar-refractivity contribution in [1.29, 1.82) is 0 Å². The molecule has 0 aromatic heterocycles. The van der Waals surface area contributed by atoms with E-state index in [4.69, 9.17) is 9.47 Å². The van der Waals surface area contributed by atoms with Gasteiger partial charge in [-0.3, -0.25) is 9.10 Å². The monoisotopic (exact) mass is 468 g/mol. The van der Waals surface area contributed by atoms with Crippen molar-refractivity contribution >= 4 is 21.6 Å². The first-order valence-corrected chi connectivity index (χ1v) is 12.0. The molecule has 0 fully saturated rings. The van der Waals surface area contributed by atoms with Crippen LogP contribution >= 0.6 is 0 Å². The standard InChI is InChI=1S/C25H28N2O5S/c1-4-32-21-10-8-9-20(16-21)17-26-25(28)18-27(23-15-19(2)13-14-24(23)31-3)33(29,30)22-11-6-5-7-12-22/h5-16H,4,17-18H2,1-3H3,(H,26,28). The highest BCUT2D eigenvalue weighted by atomic mass is 32.2. The van der Waals surface area contributed by atoms with Crippen molar-refractivity contribution in [2.75, 3.05) is 24.6 Å². The topological polar surface area (TPSA) is 84.9 Å². The van der Waals surface area contributed by atoms with E-state index in [0.717, 1.165) is 15.4 Å². The molecule has 0 radical (unpaired) electrons. The number of rotatable bonds is 10. The number of carbonyl (C=O) groups is 1. The molecule has 33 heavy (non-hydrogen) atoms. The van der Waals surface area contributed by atoms with Gasteiger partial charge < -0.3 is 14.8 Å². The van der Waals surface area contributed by atoms with Crippen LogP contribution in [0.5, 0.6) is 11.5 Å². The van der Waals surface area contributed by atoms with Gasteiger partial charge in [0.2, 0.25) is 5.91 Å². The maximum atomic E-state index is 13.5. The molecule has 0 unspecified atom stereocenters. The lowest BCUT2D eigenvalue weighted by molar-refractivity contribution is -0.119. The number of methoxy groups -OCH3 is 1. The van der Waals surface area contributed by atoms with Crippen LogP contribution in [0.1, 0.15) is 18.1 Å². The number of anilines is 1. The van der Waals surface area contributed by atoms with Gasteiger partial charge in [0.05, 0.1) is 24.3 Å². The number of hydrogen-bond donors (Lipinski definition) is 1. The third kappa shape index (κ3) is 6.04. The largest absolute Gasteiger partial charge is 0.495 e. The molecule has 0 saturated carbocycles. The molecule has 0 heterocycles. The summed E-state index contributed by atoms with van der Waals surface area (Å²) in [6.45, 7) is 4.13. The number of nitrogens with one attached hydrogen (secondary N) is 1. The van der Waals surface area contributed by atoms with Crippen LogP contribution in [-0.4, -0.2) is 34.6 Å². The summed E-state index contributed by atoms with van der Waals surface area (Å²) in [5.41, 5.74) is 1.99. The molecular formula is C25H28N2O5S. The lowest BCUT2D eigenvalue weighted by Gasteiger charge is -2.26. The zero-order chi connectivity index (χ0) is 23.8. The smallest absolute Gasteiger partial charge is 0.264 e. The number of ether oxygens (including phenoxy) is 2. The van der Waals surface area contributed by atoms with Gasteiger partial charge in [-0.05, 0) is 61.4 Å². The number of nitrogens with zero attached hydrogens (tertiary/aromatic N) is 1. The van der Waals surface area contributed by atoms with E-state index >= 15 is 0 Å². The maximum absolute atomic E-state index is 13.5. The minimum atomic E-state index is -4.02. The summed E-state index contributed by atoms with van der Waals surface area (Å²) in [5, 5.41) is 2.80. The van der Waals surface area contributed by atoms with Gasteiger partial charge >= 0.3 is 0 Å². The summed E-state index contributed by atoms with van der Waals surface area (Å²) in [6, 6.07) is 20.6. The molecule has 0 atom stereocenters. The van der Waals surface area contributed by atoms with Crippen LogP contribution in [0, 0.1) is 6.92 Å². The number of hydrogen-bond acceptors (Lipinski definition) is 5. The quantitative estimate of drug-likeness (QED) is 0.488. The number of sulfonamides is 1. The lowest BCUT2D eigenvalue weighted by Crippen LogP contribution is -2.40. The molecule has 1 amide bonds. The van der Waals surface area contributed by atoms with Crippen LogP contribution in [0.25, 0.3) is 0 Å². The van der Waals surface area contributed by atoms with Gasteiger partial charge in [0.25, 0.3) is 10.0 Å². The number of carbonyl (C=O) groups excluding carboxylic acids is 1. The Morgan fingerprint density at radius 2 is 1.76 bits per heavy atom. The van der Waals surface area contributed by atoms with Crippen molar-refractivity contribution in [1.82, 2.24) is 5.32 Å². The Kier molecular flexibility index (Phi) is 7.95. The molecule has 7 nitrogen and oxygen atoms in total. The van der Waals surface area contributed by atoms with Crippen molar-refractivity contribution in [2.45, 2.75) is 25.3 Å². The fraction of sp³-hybridized carbons (Fsp3) is 0.240. The van der Waals surface area contributed by atoms with Gasteiger partial charge in [0, 0.05) is 6.54 Å². The third-order valence-electron chi connectivity index (χ3n) is 4.92. The normalized spacial score (nSPS) is 11.0. The summed E-state index contributed by atoms with van der Waals surface area (Å²) in [6.07, 6.45) is 0. The zero-order valence-corrected chi connectivity index (χ0v) is 19.8. The summed E-state index contributed by atoms with van der Waals surface area (Å²) in [7, 11) is -2.56. The SMILES string of the molecule is CCOc1cccc(CNC(=O)CN(c2cc(C)ccc2OC)S(=O)(=O)c2ccccc2)c1. The van der Waals surface area contributed by atoms with Crippen molar-refractivity contribution in [3.8, 4) is 11.5 Å². The molecule has 174 valence electrons. The predicted octanol–water partition coefficient (Wildman–Crippen LogP) is 3.91. The summed E-state index contributed by atoms with van der Waals surface area (Å²) in [4.78, 5) is 13.0. The Balaban J connectivity index is 1.88. The second kappa shape index (κ2) is 10.9. The zero-order valence-electron chi connectivity index (χ0n) is 18.9. The Bertz CT molecular complexity index is 1200. The van der Waals surface area contributed by atoms with Crippen molar-refractivity contribution in [3.63, 3.8) is 0 Å². The highest BCUT2D eigenvalue weighted by Gasteiger charge is 2.29.